The van der Waals surface area contributed by atoms with Gasteiger partial charge >= 0.3 is 23.9 Å². The molecule has 0 saturated heterocycles. The van der Waals surface area contributed by atoms with Gasteiger partial charge in [-0.2, -0.15) is 0 Å². The van der Waals surface area contributed by atoms with Crippen molar-refractivity contribution < 1.29 is 47.7 Å². The van der Waals surface area contributed by atoms with Crippen molar-refractivity contribution in [3.05, 3.63) is 82.9 Å². The molecule has 0 aliphatic carbocycles. The maximum Gasteiger partial charge on any atom is 0.308 e. The molecule has 0 heterocycles. The molecule has 0 aliphatic rings. The number of ether oxygens (including phenoxy) is 4. The zero-order chi connectivity index (χ0) is 30.8. The molecule has 0 spiro atoms. The quantitative estimate of drug-likeness (QED) is 0.270. The van der Waals surface area contributed by atoms with Gasteiger partial charge in [0.15, 0.2) is 0 Å². The number of hydrogen-bond acceptors (Lipinski definition) is 10. The molecule has 0 atom stereocenters. The fourth-order valence-corrected chi connectivity index (χ4v) is 3.72. The van der Waals surface area contributed by atoms with E-state index >= 15 is 0 Å². The van der Waals surface area contributed by atoms with Gasteiger partial charge in [-0.25, -0.2) is 0 Å². The van der Waals surface area contributed by atoms with Crippen molar-refractivity contribution in [3.63, 3.8) is 0 Å². The van der Waals surface area contributed by atoms with Gasteiger partial charge in [0.2, 0.25) is 0 Å². The first-order valence-corrected chi connectivity index (χ1v) is 12.6. The Balaban J connectivity index is 1.67. The SMILES string of the molecule is CC(=O)Oc1cc(OC(C)=O)cc(C(=O)NCc2cccc(CNC(=O)c3cc(OC(C)=O)cc(OC(C)=O)c3)c2)c1. The number of carbonyl (C=O) groups excluding carboxylic acids is 6. The van der Waals surface area contributed by atoms with E-state index in [1.54, 1.807) is 24.3 Å². The summed E-state index contributed by atoms with van der Waals surface area (Å²) in [6, 6.07) is 15.1. The first-order valence-electron chi connectivity index (χ1n) is 12.6. The molecule has 0 fully saturated rings. The zero-order valence-corrected chi connectivity index (χ0v) is 23.3. The highest BCUT2D eigenvalue weighted by molar-refractivity contribution is 5.96. The van der Waals surface area contributed by atoms with Gasteiger partial charge in [0, 0.05) is 64.0 Å². The Labute approximate surface area is 240 Å². The maximum atomic E-state index is 12.8. The number of benzene rings is 3. The van der Waals surface area contributed by atoms with Crippen molar-refractivity contribution in [2.75, 3.05) is 0 Å². The van der Waals surface area contributed by atoms with E-state index in [1.807, 2.05) is 0 Å². The zero-order valence-electron chi connectivity index (χ0n) is 23.3. The van der Waals surface area contributed by atoms with Crippen molar-refractivity contribution in [2.24, 2.45) is 0 Å². The van der Waals surface area contributed by atoms with Crippen LogP contribution in [0.3, 0.4) is 0 Å². The molecule has 3 aromatic rings. The molecule has 0 unspecified atom stereocenters. The summed E-state index contributed by atoms with van der Waals surface area (Å²) in [7, 11) is 0. The van der Waals surface area contributed by atoms with Crippen LogP contribution in [0.15, 0.2) is 60.7 Å². The van der Waals surface area contributed by atoms with Crippen LogP contribution in [0.5, 0.6) is 23.0 Å². The molecule has 0 radical (unpaired) electrons. The Bertz CT molecular complexity index is 1370. The topological polar surface area (TPSA) is 163 Å². The fourth-order valence-electron chi connectivity index (χ4n) is 3.72. The van der Waals surface area contributed by atoms with Crippen LogP contribution in [-0.4, -0.2) is 35.7 Å². The standard InChI is InChI=1S/C30H28N2O10/c1-17(33)39-25-9-23(10-26(13-25)40-18(2)34)29(37)31-15-21-6-5-7-22(8-21)16-32-30(38)24-11-27(41-19(3)35)14-28(12-24)42-20(4)36/h5-14H,15-16H2,1-4H3,(H,31,37)(H,32,38). The van der Waals surface area contributed by atoms with Crippen LogP contribution in [0.2, 0.25) is 0 Å². The van der Waals surface area contributed by atoms with Crippen molar-refractivity contribution in [3.8, 4) is 23.0 Å². The molecule has 3 aromatic carbocycles. The highest BCUT2D eigenvalue weighted by atomic mass is 16.6. The summed E-state index contributed by atoms with van der Waals surface area (Å²) in [6.45, 7) is 5.05. The van der Waals surface area contributed by atoms with Crippen LogP contribution in [-0.2, 0) is 32.3 Å². The molecule has 12 nitrogen and oxygen atoms in total. The number of esters is 4. The van der Waals surface area contributed by atoms with Gasteiger partial charge in [-0.15, -0.1) is 0 Å². The molecule has 0 saturated carbocycles. The smallest absolute Gasteiger partial charge is 0.308 e. The number of hydrogen-bond donors (Lipinski definition) is 2. The number of rotatable bonds is 10. The molecule has 2 N–H and O–H groups in total. The lowest BCUT2D eigenvalue weighted by Crippen LogP contribution is -2.24. The highest BCUT2D eigenvalue weighted by Crippen LogP contribution is 2.25. The molecule has 3 rings (SSSR count). The Morgan fingerprint density at radius 2 is 0.810 bits per heavy atom. The average Bonchev–Trinajstić information content (AvgIpc) is 2.88. The van der Waals surface area contributed by atoms with Gasteiger partial charge in [-0.05, 0) is 35.4 Å². The third kappa shape index (κ3) is 9.90. The van der Waals surface area contributed by atoms with Crippen molar-refractivity contribution in [2.45, 2.75) is 40.8 Å². The van der Waals surface area contributed by atoms with Crippen LogP contribution in [0, 0.1) is 0 Å². The lowest BCUT2D eigenvalue weighted by molar-refractivity contribution is -0.133. The fraction of sp³-hybridized carbons (Fsp3) is 0.200. The summed E-state index contributed by atoms with van der Waals surface area (Å²) in [5.74, 6) is -3.26. The molecule has 0 aromatic heterocycles. The van der Waals surface area contributed by atoms with Crippen LogP contribution < -0.4 is 29.6 Å². The van der Waals surface area contributed by atoms with Crippen LogP contribution in [0.1, 0.15) is 59.5 Å². The highest BCUT2D eigenvalue weighted by Gasteiger charge is 2.15. The summed E-state index contributed by atoms with van der Waals surface area (Å²) in [5.41, 5.74) is 1.66. The molecular weight excluding hydrogens is 548 g/mol. The van der Waals surface area contributed by atoms with Crippen LogP contribution in [0.4, 0.5) is 0 Å². The van der Waals surface area contributed by atoms with Gasteiger partial charge in [-0.1, -0.05) is 24.3 Å². The second-order valence-electron chi connectivity index (χ2n) is 8.95. The lowest BCUT2D eigenvalue weighted by atomic mass is 10.1. The molecule has 218 valence electrons. The maximum absolute atomic E-state index is 12.8. The van der Waals surface area contributed by atoms with Crippen LogP contribution in [0.25, 0.3) is 0 Å². The second kappa shape index (κ2) is 14.2. The van der Waals surface area contributed by atoms with Crippen molar-refractivity contribution >= 4 is 35.7 Å². The third-order valence-electron chi connectivity index (χ3n) is 5.23. The van der Waals surface area contributed by atoms with E-state index in [-0.39, 0.29) is 47.2 Å². The summed E-state index contributed by atoms with van der Waals surface area (Å²) >= 11 is 0. The van der Waals surface area contributed by atoms with E-state index < -0.39 is 35.7 Å². The molecular formula is C30H28N2O10. The van der Waals surface area contributed by atoms with E-state index in [1.165, 1.54) is 64.1 Å². The Morgan fingerprint density at radius 3 is 1.10 bits per heavy atom. The summed E-state index contributed by atoms with van der Waals surface area (Å²) < 4.78 is 20.2. The Kier molecular flexibility index (Phi) is 10.5. The average molecular weight is 577 g/mol. The van der Waals surface area contributed by atoms with E-state index in [9.17, 15) is 28.8 Å². The largest absolute Gasteiger partial charge is 0.427 e. The van der Waals surface area contributed by atoms with Gasteiger partial charge < -0.3 is 29.6 Å². The first kappa shape index (κ1) is 31.0. The first-order chi connectivity index (χ1) is 19.9. The number of nitrogens with one attached hydrogen (secondary N) is 2. The van der Waals surface area contributed by atoms with Crippen molar-refractivity contribution in [1.29, 1.82) is 0 Å². The van der Waals surface area contributed by atoms with Crippen LogP contribution >= 0.6 is 0 Å². The normalized spacial score (nSPS) is 10.2. The van der Waals surface area contributed by atoms with E-state index in [0.717, 1.165) is 11.1 Å². The lowest BCUT2D eigenvalue weighted by Gasteiger charge is -2.12. The molecule has 2 amide bonds. The van der Waals surface area contributed by atoms with Gasteiger partial charge in [0.1, 0.15) is 23.0 Å². The number of amides is 2. The molecule has 42 heavy (non-hydrogen) atoms. The number of carbonyl (C=O) groups is 6. The predicted molar refractivity (Wildman–Crippen MR) is 147 cm³/mol. The second-order valence-corrected chi connectivity index (χ2v) is 8.95. The third-order valence-corrected chi connectivity index (χ3v) is 5.23. The minimum absolute atomic E-state index is 0.0440. The van der Waals surface area contributed by atoms with E-state index in [0.29, 0.717) is 0 Å². The minimum atomic E-state index is -0.604. The molecule has 0 bridgehead atoms. The minimum Gasteiger partial charge on any atom is -0.427 e. The van der Waals surface area contributed by atoms with E-state index in [2.05, 4.69) is 10.6 Å². The van der Waals surface area contributed by atoms with Gasteiger partial charge in [0.05, 0.1) is 0 Å². The van der Waals surface area contributed by atoms with Crippen molar-refractivity contribution in [1.82, 2.24) is 10.6 Å². The summed E-state index contributed by atoms with van der Waals surface area (Å²) in [5, 5.41) is 5.50. The Hall–Kier alpha value is -5.52. The monoisotopic (exact) mass is 576 g/mol. The Morgan fingerprint density at radius 1 is 0.500 bits per heavy atom. The molecule has 12 heteroatoms. The van der Waals surface area contributed by atoms with E-state index in [4.69, 9.17) is 18.9 Å². The van der Waals surface area contributed by atoms with Gasteiger partial charge in [0.25, 0.3) is 11.8 Å². The predicted octanol–water partition coefficient (Wildman–Crippen LogP) is 3.25. The summed E-state index contributed by atoms with van der Waals surface area (Å²) in [4.78, 5) is 71.1. The molecule has 0 aliphatic heterocycles. The summed E-state index contributed by atoms with van der Waals surface area (Å²) in [6.07, 6.45) is 0. The van der Waals surface area contributed by atoms with Gasteiger partial charge in [-0.3, -0.25) is 28.8 Å².